The molecule has 0 bridgehead atoms. The molecule has 2 rings (SSSR count). The first kappa shape index (κ1) is 16.3. The zero-order chi connectivity index (χ0) is 15.1. The molecule has 0 fully saturated rings. The molecule has 0 saturated heterocycles. The van der Waals surface area contributed by atoms with Crippen molar-refractivity contribution < 1.29 is 0 Å². The van der Waals surface area contributed by atoms with Crippen LogP contribution in [-0.4, -0.2) is 17.3 Å². The van der Waals surface area contributed by atoms with Crippen molar-refractivity contribution in [3.05, 3.63) is 52.8 Å². The van der Waals surface area contributed by atoms with Crippen molar-refractivity contribution in [2.24, 2.45) is 0 Å². The number of rotatable bonds is 7. The molecule has 0 amide bonds. The summed E-state index contributed by atoms with van der Waals surface area (Å²) < 4.78 is 1.10. The molecular weight excluding hydrogens is 346 g/mol. The van der Waals surface area contributed by atoms with Crippen molar-refractivity contribution in [2.75, 3.05) is 18.0 Å². The molecule has 1 aromatic carbocycles. The Morgan fingerprint density at radius 3 is 2.95 bits per heavy atom. The molecule has 0 aliphatic rings. The van der Waals surface area contributed by atoms with Gasteiger partial charge in [0.2, 0.25) is 0 Å². The number of hydrogen-bond donors (Lipinski definition) is 2. The number of nitrogens with two attached hydrogens (primary N) is 1. The van der Waals surface area contributed by atoms with E-state index < -0.39 is 0 Å². The number of halogens is 1. The Morgan fingerprint density at radius 2 is 2.24 bits per heavy atom. The van der Waals surface area contributed by atoms with E-state index in [0.717, 1.165) is 34.4 Å². The summed E-state index contributed by atoms with van der Waals surface area (Å²) in [4.78, 5) is 5.45. The van der Waals surface area contributed by atoms with Gasteiger partial charge in [0.05, 0.1) is 0 Å². The Kier molecular flexibility index (Phi) is 6.54. The van der Waals surface area contributed by atoms with E-state index in [4.69, 9.17) is 5.73 Å². The lowest BCUT2D eigenvalue weighted by atomic mass is 10.1. The van der Waals surface area contributed by atoms with Crippen molar-refractivity contribution in [1.29, 1.82) is 0 Å². The van der Waals surface area contributed by atoms with Gasteiger partial charge in [0.15, 0.2) is 0 Å². The van der Waals surface area contributed by atoms with Crippen molar-refractivity contribution in [3.63, 3.8) is 0 Å². The van der Waals surface area contributed by atoms with E-state index in [1.807, 2.05) is 30.1 Å². The van der Waals surface area contributed by atoms with Crippen LogP contribution in [0, 0.1) is 0 Å². The number of pyridine rings is 1. The summed E-state index contributed by atoms with van der Waals surface area (Å²) in [6.45, 7) is 3.14. The lowest BCUT2D eigenvalue weighted by Gasteiger charge is -2.20. The molecule has 0 spiro atoms. The van der Waals surface area contributed by atoms with Crippen molar-refractivity contribution in [1.82, 2.24) is 10.3 Å². The van der Waals surface area contributed by atoms with Gasteiger partial charge < -0.3 is 11.1 Å². The lowest BCUT2D eigenvalue weighted by Crippen LogP contribution is -2.25. The number of anilines is 1. The molecule has 1 aromatic heterocycles. The van der Waals surface area contributed by atoms with Gasteiger partial charge in [-0.15, -0.1) is 11.8 Å². The molecule has 0 saturated carbocycles. The van der Waals surface area contributed by atoms with Gasteiger partial charge in [-0.2, -0.15) is 0 Å². The first-order valence-corrected chi connectivity index (χ1v) is 8.79. The van der Waals surface area contributed by atoms with E-state index in [2.05, 4.69) is 51.4 Å². The smallest absolute Gasteiger partial charge is 0.0451 e. The highest BCUT2D eigenvalue weighted by molar-refractivity contribution is 9.10. The molecule has 1 atom stereocenters. The van der Waals surface area contributed by atoms with Crippen molar-refractivity contribution in [3.8, 4) is 0 Å². The Morgan fingerprint density at radius 1 is 1.38 bits per heavy atom. The van der Waals surface area contributed by atoms with Crippen LogP contribution in [0.4, 0.5) is 5.69 Å². The third-order valence-corrected chi connectivity index (χ3v) is 4.70. The monoisotopic (exact) mass is 365 g/mol. The van der Waals surface area contributed by atoms with E-state index in [9.17, 15) is 0 Å². The maximum Gasteiger partial charge on any atom is 0.0451 e. The molecular formula is C16H20BrN3S. The summed E-state index contributed by atoms with van der Waals surface area (Å²) in [7, 11) is 0. The highest BCUT2D eigenvalue weighted by Crippen LogP contribution is 2.28. The van der Waals surface area contributed by atoms with Gasteiger partial charge >= 0.3 is 0 Å². The Balaban J connectivity index is 2.08. The first-order valence-electron chi connectivity index (χ1n) is 7.02. The topological polar surface area (TPSA) is 50.9 Å². The van der Waals surface area contributed by atoms with Crippen molar-refractivity contribution >= 4 is 33.4 Å². The number of aromatic nitrogens is 1. The fourth-order valence-electron chi connectivity index (χ4n) is 2.02. The molecule has 3 N–H and O–H groups in total. The second-order valence-corrected chi connectivity index (χ2v) is 6.79. The van der Waals surface area contributed by atoms with Gasteiger partial charge in [-0.05, 0) is 37.2 Å². The van der Waals surface area contributed by atoms with Crippen LogP contribution in [-0.2, 0) is 0 Å². The fraction of sp³-hybridized carbons (Fsp3) is 0.312. The molecule has 0 aliphatic heterocycles. The Hall–Kier alpha value is -1.04. The van der Waals surface area contributed by atoms with E-state index in [-0.39, 0.29) is 6.04 Å². The van der Waals surface area contributed by atoms with Crippen LogP contribution in [0.15, 0.2) is 52.1 Å². The maximum atomic E-state index is 6.09. The van der Waals surface area contributed by atoms with Crippen LogP contribution in [0.5, 0.6) is 0 Å². The summed E-state index contributed by atoms with van der Waals surface area (Å²) in [5.74, 6) is 0.923. The van der Waals surface area contributed by atoms with Gasteiger partial charge in [-0.3, -0.25) is 4.98 Å². The minimum absolute atomic E-state index is 0.211. The highest BCUT2D eigenvalue weighted by atomic mass is 79.9. The van der Waals surface area contributed by atoms with Crippen LogP contribution in [0.1, 0.15) is 24.9 Å². The van der Waals surface area contributed by atoms with Gasteiger partial charge in [0.25, 0.3) is 0 Å². The number of nitrogens with one attached hydrogen (secondary N) is 1. The number of nitrogen functional groups attached to an aromatic ring is 1. The standard InChI is InChI=1S/C16H20BrN3S/c1-2-7-20-16(14-10-19-8-6-15(14)18)11-21-13-5-3-4-12(17)9-13/h3-6,8-10,16,20H,2,7,11H2,1H3,(H2,18,19). The van der Waals surface area contributed by atoms with Gasteiger partial charge in [-0.25, -0.2) is 0 Å². The summed E-state index contributed by atoms with van der Waals surface area (Å²) in [5.41, 5.74) is 7.97. The summed E-state index contributed by atoms with van der Waals surface area (Å²) >= 11 is 5.33. The third-order valence-electron chi connectivity index (χ3n) is 3.12. The van der Waals surface area contributed by atoms with Crippen LogP contribution >= 0.6 is 27.7 Å². The van der Waals surface area contributed by atoms with Gasteiger partial charge in [-0.1, -0.05) is 28.9 Å². The molecule has 1 heterocycles. The Bertz CT molecular complexity index is 577. The normalized spacial score (nSPS) is 12.3. The predicted octanol–water partition coefficient (Wildman–Crippen LogP) is 4.26. The van der Waals surface area contributed by atoms with Crippen molar-refractivity contribution in [2.45, 2.75) is 24.3 Å². The van der Waals surface area contributed by atoms with Gasteiger partial charge in [0, 0.05) is 44.8 Å². The van der Waals surface area contributed by atoms with E-state index in [1.165, 1.54) is 4.90 Å². The molecule has 3 nitrogen and oxygen atoms in total. The molecule has 5 heteroatoms. The molecule has 2 aromatic rings. The zero-order valence-electron chi connectivity index (χ0n) is 12.1. The second kappa shape index (κ2) is 8.41. The van der Waals surface area contributed by atoms with Crippen LogP contribution in [0.25, 0.3) is 0 Å². The molecule has 0 radical (unpaired) electrons. The minimum atomic E-state index is 0.211. The van der Waals surface area contributed by atoms with E-state index >= 15 is 0 Å². The largest absolute Gasteiger partial charge is 0.398 e. The van der Waals surface area contributed by atoms with Crippen LogP contribution in [0.2, 0.25) is 0 Å². The number of nitrogens with zero attached hydrogens (tertiary/aromatic N) is 1. The molecule has 0 aliphatic carbocycles. The first-order chi connectivity index (χ1) is 10.2. The number of benzene rings is 1. The minimum Gasteiger partial charge on any atom is -0.398 e. The van der Waals surface area contributed by atoms with Crippen LogP contribution < -0.4 is 11.1 Å². The third kappa shape index (κ3) is 5.02. The average molecular weight is 366 g/mol. The number of thioether (sulfide) groups is 1. The average Bonchev–Trinajstić information content (AvgIpc) is 2.48. The molecule has 21 heavy (non-hydrogen) atoms. The van der Waals surface area contributed by atoms with E-state index in [0.29, 0.717) is 0 Å². The fourth-order valence-corrected chi connectivity index (χ4v) is 3.61. The van der Waals surface area contributed by atoms with Crippen LogP contribution in [0.3, 0.4) is 0 Å². The molecule has 112 valence electrons. The quantitative estimate of drug-likeness (QED) is 0.719. The van der Waals surface area contributed by atoms with Gasteiger partial charge in [0.1, 0.15) is 0 Å². The molecule has 1 unspecified atom stereocenters. The number of hydrogen-bond acceptors (Lipinski definition) is 4. The summed E-state index contributed by atoms with van der Waals surface area (Å²) in [5, 5.41) is 3.56. The SMILES string of the molecule is CCCNC(CSc1cccc(Br)c1)c1cnccc1N. The summed E-state index contributed by atoms with van der Waals surface area (Å²) in [6.07, 6.45) is 4.69. The Labute approximate surface area is 138 Å². The lowest BCUT2D eigenvalue weighted by molar-refractivity contribution is 0.577. The highest BCUT2D eigenvalue weighted by Gasteiger charge is 2.14. The second-order valence-electron chi connectivity index (χ2n) is 4.78. The van der Waals surface area contributed by atoms with E-state index in [1.54, 1.807) is 6.20 Å². The maximum absolute atomic E-state index is 6.09. The predicted molar refractivity (Wildman–Crippen MR) is 94.6 cm³/mol. The zero-order valence-corrected chi connectivity index (χ0v) is 14.5. The summed E-state index contributed by atoms with van der Waals surface area (Å²) in [6, 6.07) is 10.4.